The summed E-state index contributed by atoms with van der Waals surface area (Å²) in [6.07, 6.45) is 13.4. The van der Waals surface area contributed by atoms with Crippen molar-refractivity contribution in [1.29, 1.82) is 0 Å². The molecule has 0 amide bonds. The van der Waals surface area contributed by atoms with Crippen LogP contribution >= 0.6 is 81.2 Å². The Hall–Kier alpha value is 2.03. The first-order chi connectivity index (χ1) is 14.1. The highest BCUT2D eigenvalue weighted by Crippen LogP contribution is 2.26. The molecule has 7 unspecified atom stereocenters. The molecule has 0 heterocycles. The molecule has 0 saturated heterocycles. The summed E-state index contributed by atoms with van der Waals surface area (Å²) in [5, 5.41) is 1.12. The number of hydrogen-bond acceptors (Lipinski definition) is 0. The number of halogens is 7. The number of rotatable bonds is 20. The van der Waals surface area contributed by atoms with E-state index in [9.17, 15) is 0 Å². The normalized spacial score (nSPS) is 19.1. The molecular weight excluding hydrogens is 524 g/mol. The largest absolute Gasteiger partial charge is 0.123 e. The van der Waals surface area contributed by atoms with Crippen molar-refractivity contribution in [3.05, 3.63) is 0 Å². The fraction of sp³-hybridized carbons (Fsp3) is 1.00. The summed E-state index contributed by atoms with van der Waals surface area (Å²) in [7, 11) is 0. The number of hydrogen-bond donors (Lipinski definition) is 0. The highest BCUT2D eigenvalue weighted by molar-refractivity contribution is 6.23. The Balaban J connectivity index is 3.77. The molecule has 0 aromatic carbocycles. The van der Waals surface area contributed by atoms with Gasteiger partial charge in [-0.2, -0.15) is 0 Å². The SMILES string of the molecule is CCCC(Cl)CCC(Cl)CCC(Cl)CCC(Cl)CCC(Cl)CCC(Cl)CCC(C)Cl. The van der Waals surface area contributed by atoms with Crippen molar-refractivity contribution < 1.29 is 0 Å². The van der Waals surface area contributed by atoms with Crippen LogP contribution in [0.3, 0.4) is 0 Å². The van der Waals surface area contributed by atoms with Crippen molar-refractivity contribution in [2.24, 2.45) is 0 Å². The minimum atomic E-state index is 0.120. The van der Waals surface area contributed by atoms with Gasteiger partial charge in [0.05, 0.1) is 0 Å². The van der Waals surface area contributed by atoms with Crippen LogP contribution < -0.4 is 0 Å². The lowest BCUT2D eigenvalue weighted by Crippen LogP contribution is -2.11. The van der Waals surface area contributed by atoms with Gasteiger partial charge in [-0.15, -0.1) is 81.2 Å². The third kappa shape index (κ3) is 20.6. The van der Waals surface area contributed by atoms with Gasteiger partial charge in [0.2, 0.25) is 0 Å². The summed E-state index contributed by atoms with van der Waals surface area (Å²) in [6.45, 7) is 4.16. The minimum absolute atomic E-state index is 0.120. The first-order valence-electron chi connectivity index (χ1n) is 11.6. The van der Waals surface area contributed by atoms with Crippen molar-refractivity contribution in [3.63, 3.8) is 0 Å². The molecule has 0 aromatic heterocycles. The van der Waals surface area contributed by atoms with Gasteiger partial charge >= 0.3 is 0 Å². The maximum absolute atomic E-state index is 6.49. The van der Waals surface area contributed by atoms with E-state index in [1.54, 1.807) is 0 Å². The van der Waals surface area contributed by atoms with E-state index in [1.807, 2.05) is 6.92 Å². The lowest BCUT2D eigenvalue weighted by molar-refractivity contribution is 0.534. The fourth-order valence-electron chi connectivity index (χ4n) is 3.40. The first-order valence-corrected chi connectivity index (χ1v) is 14.7. The van der Waals surface area contributed by atoms with Crippen LogP contribution in [0.15, 0.2) is 0 Å². The predicted octanol–water partition coefficient (Wildman–Crippen LogP) is 10.7. The average molecular weight is 566 g/mol. The van der Waals surface area contributed by atoms with E-state index in [1.165, 1.54) is 0 Å². The smallest absolute Gasteiger partial charge is 0.0337 e. The molecule has 0 fully saturated rings. The molecule has 0 radical (unpaired) electrons. The molecule has 0 rings (SSSR count). The fourth-order valence-corrected chi connectivity index (χ4v) is 5.13. The van der Waals surface area contributed by atoms with E-state index in [0.29, 0.717) is 0 Å². The average Bonchev–Trinajstić information content (AvgIpc) is 2.70. The molecular formula is C23H41Cl7. The Labute approximate surface area is 221 Å². The van der Waals surface area contributed by atoms with Crippen molar-refractivity contribution in [2.75, 3.05) is 0 Å². The summed E-state index contributed by atoms with van der Waals surface area (Å²) in [5.74, 6) is 0. The summed E-state index contributed by atoms with van der Waals surface area (Å²) in [4.78, 5) is 0. The van der Waals surface area contributed by atoms with Gasteiger partial charge in [0, 0.05) is 37.6 Å². The van der Waals surface area contributed by atoms with Gasteiger partial charge < -0.3 is 0 Å². The zero-order valence-electron chi connectivity index (χ0n) is 18.6. The van der Waals surface area contributed by atoms with Crippen LogP contribution in [0.2, 0.25) is 0 Å². The molecule has 7 heteroatoms. The van der Waals surface area contributed by atoms with Gasteiger partial charge in [0.1, 0.15) is 0 Å². The molecule has 0 saturated carbocycles. The highest BCUT2D eigenvalue weighted by atomic mass is 35.5. The molecule has 0 aliphatic heterocycles. The Morgan fingerprint density at radius 2 is 0.567 bits per heavy atom. The zero-order chi connectivity index (χ0) is 22.9. The van der Waals surface area contributed by atoms with Crippen LogP contribution in [0.25, 0.3) is 0 Å². The lowest BCUT2D eigenvalue weighted by Gasteiger charge is -2.17. The van der Waals surface area contributed by atoms with Crippen molar-refractivity contribution >= 4 is 81.2 Å². The third-order valence-electron chi connectivity index (χ3n) is 5.45. The van der Waals surface area contributed by atoms with Crippen LogP contribution in [0.5, 0.6) is 0 Å². The van der Waals surface area contributed by atoms with E-state index >= 15 is 0 Å². The zero-order valence-corrected chi connectivity index (χ0v) is 23.9. The van der Waals surface area contributed by atoms with Gasteiger partial charge in [0.25, 0.3) is 0 Å². The molecule has 30 heavy (non-hydrogen) atoms. The van der Waals surface area contributed by atoms with E-state index in [4.69, 9.17) is 81.2 Å². The van der Waals surface area contributed by atoms with Gasteiger partial charge in [-0.1, -0.05) is 13.3 Å². The Morgan fingerprint density at radius 3 is 0.767 bits per heavy atom. The minimum Gasteiger partial charge on any atom is -0.123 e. The molecule has 0 spiro atoms. The second-order valence-corrected chi connectivity index (χ2v) is 13.1. The topological polar surface area (TPSA) is 0 Å². The highest BCUT2D eigenvalue weighted by Gasteiger charge is 2.16. The summed E-state index contributed by atoms with van der Waals surface area (Å²) < 4.78 is 0. The van der Waals surface area contributed by atoms with E-state index in [2.05, 4.69) is 6.92 Å². The van der Waals surface area contributed by atoms with Gasteiger partial charge in [0.15, 0.2) is 0 Å². The molecule has 0 aliphatic carbocycles. The summed E-state index contributed by atoms with van der Waals surface area (Å²) in [6, 6.07) is 0. The number of alkyl halides is 7. The predicted molar refractivity (Wildman–Crippen MR) is 143 cm³/mol. The van der Waals surface area contributed by atoms with Crippen molar-refractivity contribution in [3.8, 4) is 0 Å². The molecule has 7 atom stereocenters. The molecule has 0 aliphatic rings. The maximum Gasteiger partial charge on any atom is 0.0337 e. The van der Waals surface area contributed by atoms with Crippen LogP contribution in [-0.4, -0.2) is 37.6 Å². The van der Waals surface area contributed by atoms with Crippen molar-refractivity contribution in [2.45, 2.75) is 141 Å². The molecule has 182 valence electrons. The van der Waals surface area contributed by atoms with Crippen LogP contribution in [0.4, 0.5) is 0 Å². The Kier molecular flexibility index (Phi) is 21.8. The monoisotopic (exact) mass is 562 g/mol. The van der Waals surface area contributed by atoms with E-state index in [0.717, 1.165) is 89.9 Å². The second-order valence-electron chi connectivity index (χ2n) is 8.62. The second kappa shape index (κ2) is 20.4. The van der Waals surface area contributed by atoms with E-state index in [-0.39, 0.29) is 37.6 Å². The maximum atomic E-state index is 6.49. The van der Waals surface area contributed by atoms with Gasteiger partial charge in [-0.05, 0) is 90.4 Å². The quantitative estimate of drug-likeness (QED) is 0.129. The Bertz CT molecular complexity index is 381. The molecule has 0 nitrogen and oxygen atoms in total. The van der Waals surface area contributed by atoms with Gasteiger partial charge in [-0.3, -0.25) is 0 Å². The van der Waals surface area contributed by atoms with Crippen LogP contribution in [0.1, 0.15) is 104 Å². The van der Waals surface area contributed by atoms with Gasteiger partial charge in [-0.25, -0.2) is 0 Å². The summed E-state index contributed by atoms with van der Waals surface area (Å²) >= 11 is 44.4. The lowest BCUT2D eigenvalue weighted by atomic mass is 10.0. The van der Waals surface area contributed by atoms with Crippen LogP contribution in [0, 0.1) is 0 Å². The van der Waals surface area contributed by atoms with E-state index < -0.39 is 0 Å². The first kappa shape index (κ1) is 32.0. The van der Waals surface area contributed by atoms with Crippen LogP contribution in [-0.2, 0) is 0 Å². The summed E-state index contributed by atoms with van der Waals surface area (Å²) in [5.41, 5.74) is 0. The standard InChI is InChI=1S/C23H41Cl7/c1-3-4-18(25)7-8-20(27)11-12-22(29)15-16-23(30)14-13-21(28)10-9-19(26)6-5-17(2)24/h17-23H,3-16H2,1-2H3. The third-order valence-corrected chi connectivity index (χ3v) is 8.28. The molecule has 0 aromatic rings. The Morgan fingerprint density at radius 1 is 0.367 bits per heavy atom. The molecule has 0 bridgehead atoms. The molecule has 0 N–H and O–H groups in total. The van der Waals surface area contributed by atoms with Crippen molar-refractivity contribution in [1.82, 2.24) is 0 Å².